The summed E-state index contributed by atoms with van der Waals surface area (Å²) in [6.45, 7) is 80.3. The first kappa shape index (κ1) is 116. The van der Waals surface area contributed by atoms with Crippen molar-refractivity contribution in [2.24, 2.45) is 0 Å². The summed E-state index contributed by atoms with van der Waals surface area (Å²) in [6.07, 6.45) is 34.4. The van der Waals surface area contributed by atoms with E-state index >= 15 is 0 Å². The lowest BCUT2D eigenvalue weighted by Crippen LogP contribution is -2.26. The van der Waals surface area contributed by atoms with Gasteiger partial charge >= 0.3 is 0 Å². The number of benzene rings is 12. The Morgan fingerprint density at radius 2 is 0.389 bits per heavy atom. The van der Waals surface area contributed by atoms with E-state index in [1.54, 1.807) is 0 Å². The number of anilines is 12. The van der Waals surface area contributed by atoms with E-state index in [-0.39, 0.29) is 37.9 Å². The average molecular weight is 2000 g/mol. The van der Waals surface area contributed by atoms with Crippen molar-refractivity contribution in [3.8, 4) is 22.6 Å². The van der Waals surface area contributed by atoms with Gasteiger partial charge in [0.05, 0.1) is 47.3 Å². The lowest BCUT2D eigenvalue weighted by molar-refractivity contribution is 0.302. The first-order valence-corrected chi connectivity index (χ1v) is 58.3. The predicted molar refractivity (Wildman–Crippen MR) is 653 cm³/mol. The first-order chi connectivity index (χ1) is 70.4. The predicted octanol–water partition coefficient (Wildman–Crippen LogP) is 43.4. The van der Waals surface area contributed by atoms with Gasteiger partial charge in [-0.25, -0.2) is 0 Å². The smallest absolute Gasteiger partial charge is 0.122 e. The molecule has 0 aromatic heterocycles. The molecule has 0 radical (unpaired) electrons. The maximum atomic E-state index is 6.97. The molecule has 0 N–H and O–H groups in total. The molecule has 149 heavy (non-hydrogen) atoms. The topological polar surface area (TPSA) is 31.4 Å². The van der Waals surface area contributed by atoms with E-state index in [2.05, 4.69) is 449 Å². The number of unbranched alkanes of at least 4 members (excludes halogenated alkanes) is 20. The van der Waals surface area contributed by atoms with Crippen molar-refractivity contribution in [1.82, 2.24) is 0 Å². The van der Waals surface area contributed by atoms with Crippen LogP contribution in [0, 0.1) is 96.9 Å². The number of fused-ring (bicyclic) bond motifs is 3. The zero-order chi connectivity index (χ0) is 108. The molecule has 13 rings (SSSR count). The van der Waals surface area contributed by atoms with Crippen molar-refractivity contribution in [1.29, 1.82) is 0 Å². The molecule has 6 nitrogen and oxygen atoms in total. The number of hydrogen-bond acceptors (Lipinski definition) is 6. The second-order valence-electron chi connectivity index (χ2n) is 51.8. The highest BCUT2D eigenvalue weighted by atomic mass is 16.5. The summed E-state index contributed by atoms with van der Waals surface area (Å²) in [5.74, 6) is 2.10. The second-order valence-corrected chi connectivity index (χ2v) is 51.8. The maximum absolute atomic E-state index is 6.97. The van der Waals surface area contributed by atoms with Gasteiger partial charge in [0.1, 0.15) is 11.5 Å². The fourth-order valence-corrected chi connectivity index (χ4v) is 23.9. The molecule has 0 heterocycles. The van der Waals surface area contributed by atoms with Crippen LogP contribution in [0.25, 0.3) is 11.1 Å². The van der Waals surface area contributed by atoms with Crippen LogP contribution in [0.15, 0.2) is 194 Å². The molecular formula is C143H194N4O2. The van der Waals surface area contributed by atoms with Crippen LogP contribution in [-0.4, -0.2) is 13.2 Å². The third kappa shape index (κ3) is 28.1. The van der Waals surface area contributed by atoms with Crippen molar-refractivity contribution in [3.05, 3.63) is 328 Å². The van der Waals surface area contributed by atoms with E-state index in [1.165, 1.54) is 344 Å². The Bertz CT molecular complexity index is 5830. The zero-order valence-corrected chi connectivity index (χ0v) is 99.8. The molecule has 12 aromatic carbocycles. The first-order valence-electron chi connectivity index (χ1n) is 58.3. The van der Waals surface area contributed by atoms with E-state index in [9.17, 15) is 0 Å². The molecule has 1 aliphatic carbocycles. The second kappa shape index (κ2) is 49.5. The van der Waals surface area contributed by atoms with Crippen LogP contribution < -0.4 is 29.1 Å². The van der Waals surface area contributed by atoms with Gasteiger partial charge in [0, 0.05) is 39.5 Å². The minimum absolute atomic E-state index is 0.0213. The van der Waals surface area contributed by atoms with Crippen LogP contribution >= 0.6 is 0 Å². The maximum Gasteiger partial charge on any atom is 0.122 e. The third-order valence-corrected chi connectivity index (χ3v) is 32.7. The van der Waals surface area contributed by atoms with Crippen LogP contribution in [0.4, 0.5) is 68.2 Å². The Morgan fingerprint density at radius 1 is 0.201 bits per heavy atom. The summed E-state index contributed by atoms with van der Waals surface area (Å²) < 4.78 is 13.9. The number of ether oxygens (including phenoxy) is 2. The molecule has 6 heteroatoms. The molecule has 1 aliphatic rings. The lowest BCUT2D eigenvalue weighted by Gasteiger charge is -2.34. The largest absolute Gasteiger partial charge is 0.493 e. The normalized spacial score (nSPS) is 12.8. The van der Waals surface area contributed by atoms with Gasteiger partial charge in [0.25, 0.3) is 0 Å². The molecule has 0 aliphatic heterocycles. The van der Waals surface area contributed by atoms with Crippen LogP contribution in [-0.2, 0) is 50.7 Å². The highest BCUT2D eigenvalue weighted by Crippen LogP contribution is 2.59. The Morgan fingerprint density at radius 3 is 0.611 bits per heavy atom. The molecular weight excluding hydrogens is 1810 g/mol. The van der Waals surface area contributed by atoms with E-state index in [4.69, 9.17) is 9.47 Å². The minimum atomic E-state index is -0.0213. The Kier molecular flexibility index (Phi) is 38.4. The summed E-state index contributed by atoms with van der Waals surface area (Å²) in [7, 11) is 0. The van der Waals surface area contributed by atoms with Gasteiger partial charge in [0.15, 0.2) is 0 Å². The van der Waals surface area contributed by atoms with Crippen LogP contribution in [0.3, 0.4) is 0 Å². The Balaban J connectivity index is 0.646. The fourth-order valence-electron chi connectivity index (χ4n) is 23.9. The van der Waals surface area contributed by atoms with Gasteiger partial charge in [-0.1, -0.05) is 376 Å². The van der Waals surface area contributed by atoms with E-state index in [0.29, 0.717) is 0 Å². The molecule has 0 fully saturated rings. The van der Waals surface area contributed by atoms with Gasteiger partial charge in [-0.3, -0.25) is 0 Å². The average Bonchev–Trinajstić information content (AvgIpc) is 1.54. The summed E-state index contributed by atoms with van der Waals surface area (Å²) in [5.41, 5.74) is 49.4. The van der Waals surface area contributed by atoms with Gasteiger partial charge < -0.3 is 29.1 Å². The van der Waals surface area contributed by atoms with Gasteiger partial charge in [0.2, 0.25) is 0 Å². The number of aryl methyl sites for hydroxylation is 16. The van der Waals surface area contributed by atoms with Crippen molar-refractivity contribution in [3.63, 3.8) is 0 Å². The standard InChI is InChI=1S/C143H194N4O2/c1-35-37-39-41-49-55-77-143(78-56-50-42-40-38-36-2)127-93-97(3)129(148-79-57-51-45-43-47-53-59-111-61-65-119(66-62-111)144(131-99(5)81-113(82-100(131)6)137(17,18)19)121-69-73-123(74-70-121)146(133-103(9)85-115(86-104(133)10)139(23,24)25)134-105(11)87-116(88-106(134)12)140(26,27)28)95-125(127)126-96-130(98(4)94-128(126)143)149-80-58-52-46-44-48-54-60-112-63-67-120(68-64-112)145(132-101(7)83-114(84-102(132)8)138(20,21)22)122-71-75-124(76-72-122)147(135-107(13)89-117(90-108(135)14)141(29,30)31)136-109(15)91-118(92-110(136)16)142(32,33)34/h61-76,81-96H,35-60,77-80H2,1-34H3. The Labute approximate surface area is 907 Å². The summed E-state index contributed by atoms with van der Waals surface area (Å²) in [5, 5.41) is 0. The van der Waals surface area contributed by atoms with Crippen molar-refractivity contribution < 1.29 is 9.47 Å². The molecule has 0 spiro atoms. The SMILES string of the molecule is CCCCCCCCC1(CCCCCCCC)c2cc(C)c(OCCCCCCCCc3ccc(N(c4ccc(N(c5c(C)cc(C(C)(C)C)cc5C)c5c(C)cc(C(C)(C)C)cc5C)cc4)c4c(C)cc(C(C)(C)C)cc4C)cc3)cc2-c2cc(OCCCCCCCCc3ccc(N(c4ccc(N(c5c(C)cc(C(C)(C)C)cc5C)c5c(C)cc(C(C)(C)C)cc5C)cc4)c4c(C)cc(C(C)(C)C)cc4C)cc3)c(C)cc21. The molecule has 0 unspecified atom stereocenters. The van der Waals surface area contributed by atoms with Crippen LogP contribution in [0.2, 0.25) is 0 Å². The van der Waals surface area contributed by atoms with Gasteiger partial charge in [-0.2, -0.15) is 0 Å². The molecule has 798 valence electrons. The summed E-state index contributed by atoms with van der Waals surface area (Å²) in [4.78, 5) is 10.1. The molecule has 0 amide bonds. The zero-order valence-electron chi connectivity index (χ0n) is 99.8. The lowest BCUT2D eigenvalue weighted by atomic mass is 9.70. The number of hydrogen-bond donors (Lipinski definition) is 0. The quantitative estimate of drug-likeness (QED) is 0.0354. The number of rotatable bonds is 46. The monoisotopic (exact) mass is 2000 g/mol. The van der Waals surface area contributed by atoms with Crippen molar-refractivity contribution >= 4 is 68.2 Å². The van der Waals surface area contributed by atoms with E-state index in [1.807, 2.05) is 0 Å². The molecule has 0 saturated heterocycles. The van der Waals surface area contributed by atoms with Crippen molar-refractivity contribution in [2.75, 3.05) is 32.8 Å². The fraction of sp³-hybridized carbons (Fsp3) is 0.497. The Hall–Kier alpha value is -10.6. The molecule has 0 saturated carbocycles. The van der Waals surface area contributed by atoms with Crippen LogP contribution in [0.5, 0.6) is 11.5 Å². The summed E-state index contributed by atoms with van der Waals surface area (Å²) >= 11 is 0. The molecule has 12 aromatic rings. The van der Waals surface area contributed by atoms with Gasteiger partial charge in [-0.05, 0) is 410 Å². The van der Waals surface area contributed by atoms with E-state index < -0.39 is 0 Å². The molecule has 0 bridgehead atoms. The minimum Gasteiger partial charge on any atom is -0.493 e. The highest BCUT2D eigenvalue weighted by Gasteiger charge is 2.44. The van der Waals surface area contributed by atoms with Crippen LogP contribution in [0.1, 0.15) is 439 Å². The molecule has 0 atom stereocenters. The highest BCUT2D eigenvalue weighted by molar-refractivity contribution is 5.91. The van der Waals surface area contributed by atoms with Gasteiger partial charge in [-0.15, -0.1) is 0 Å². The summed E-state index contributed by atoms with van der Waals surface area (Å²) in [6, 6.07) is 77.2. The van der Waals surface area contributed by atoms with Crippen molar-refractivity contribution in [2.45, 2.75) is 453 Å². The number of nitrogens with zero attached hydrogens (tertiary/aromatic N) is 4. The van der Waals surface area contributed by atoms with E-state index in [0.717, 1.165) is 73.1 Å². The third-order valence-electron chi connectivity index (χ3n) is 32.7.